The molecular weight excluding hydrogens is 176 g/mol. The lowest BCUT2D eigenvalue weighted by Gasteiger charge is -2.04. The van der Waals surface area contributed by atoms with E-state index in [0.29, 0.717) is 0 Å². The Morgan fingerprint density at radius 3 is 2.86 bits per heavy atom. The maximum atomic E-state index is 11.7. The Morgan fingerprint density at radius 2 is 2.14 bits per heavy atom. The normalized spacial score (nSPS) is 10.1. The van der Waals surface area contributed by atoms with E-state index in [2.05, 4.69) is 4.98 Å². The molecule has 0 bridgehead atoms. The summed E-state index contributed by atoms with van der Waals surface area (Å²) in [6.45, 7) is 1.80. The number of nitrogens with zero attached hydrogens (tertiary/aromatic N) is 2. The summed E-state index contributed by atoms with van der Waals surface area (Å²) in [4.78, 5) is 15.7. The van der Waals surface area contributed by atoms with E-state index in [1.54, 1.807) is 36.1 Å². The highest BCUT2D eigenvalue weighted by Gasteiger charge is 1.99. The van der Waals surface area contributed by atoms with Crippen LogP contribution in [-0.2, 0) is 0 Å². The molecule has 0 radical (unpaired) electrons. The van der Waals surface area contributed by atoms with Gasteiger partial charge in [0.25, 0.3) is 5.56 Å². The van der Waals surface area contributed by atoms with E-state index in [-0.39, 0.29) is 5.56 Å². The lowest BCUT2D eigenvalue weighted by Crippen LogP contribution is -2.19. The first-order valence-electron chi connectivity index (χ1n) is 4.38. The Bertz CT molecular complexity index is 488. The van der Waals surface area contributed by atoms with Crippen molar-refractivity contribution in [3.8, 4) is 5.69 Å². The molecule has 14 heavy (non-hydrogen) atoms. The zero-order chi connectivity index (χ0) is 9.97. The van der Waals surface area contributed by atoms with Crippen LogP contribution in [0.3, 0.4) is 0 Å². The van der Waals surface area contributed by atoms with Gasteiger partial charge in [0, 0.05) is 18.0 Å². The summed E-state index contributed by atoms with van der Waals surface area (Å²) in [6.07, 6.45) is 5.09. The monoisotopic (exact) mass is 186 g/mol. The Balaban J connectivity index is 2.64. The molecule has 2 heterocycles. The van der Waals surface area contributed by atoms with Gasteiger partial charge in [-0.05, 0) is 25.1 Å². The van der Waals surface area contributed by atoms with Crippen molar-refractivity contribution in [1.82, 2.24) is 9.55 Å². The summed E-state index contributed by atoms with van der Waals surface area (Å²) in [5.74, 6) is 0. The molecule has 0 saturated carbocycles. The van der Waals surface area contributed by atoms with E-state index in [4.69, 9.17) is 0 Å². The number of hydrogen-bond donors (Lipinski definition) is 0. The third-order valence-electron chi connectivity index (χ3n) is 2.06. The van der Waals surface area contributed by atoms with Gasteiger partial charge in [0.05, 0.1) is 11.9 Å². The second-order valence-electron chi connectivity index (χ2n) is 3.08. The standard InChI is InChI=1S/C11H10N2O/c1-9-4-3-7-13(11(9)14)10-5-2-6-12-8-10/h2-8H,1H3. The number of aromatic nitrogens is 2. The summed E-state index contributed by atoms with van der Waals surface area (Å²) in [6, 6.07) is 7.32. The second-order valence-corrected chi connectivity index (χ2v) is 3.08. The maximum absolute atomic E-state index is 11.7. The van der Waals surface area contributed by atoms with E-state index in [0.717, 1.165) is 11.3 Å². The number of pyridine rings is 2. The first-order valence-corrected chi connectivity index (χ1v) is 4.38. The predicted molar refractivity (Wildman–Crippen MR) is 54.6 cm³/mol. The molecule has 0 saturated heterocycles. The van der Waals surface area contributed by atoms with Gasteiger partial charge in [-0.15, -0.1) is 0 Å². The fourth-order valence-electron chi connectivity index (χ4n) is 1.30. The van der Waals surface area contributed by atoms with Crippen LogP contribution in [0, 0.1) is 6.92 Å². The average molecular weight is 186 g/mol. The molecule has 0 atom stereocenters. The average Bonchev–Trinajstić information content (AvgIpc) is 2.23. The Hall–Kier alpha value is -1.90. The number of hydrogen-bond acceptors (Lipinski definition) is 2. The molecular formula is C11H10N2O. The third-order valence-corrected chi connectivity index (χ3v) is 2.06. The van der Waals surface area contributed by atoms with Crippen molar-refractivity contribution in [2.45, 2.75) is 6.92 Å². The van der Waals surface area contributed by atoms with Crippen molar-refractivity contribution < 1.29 is 0 Å². The molecule has 0 aromatic carbocycles. The van der Waals surface area contributed by atoms with Crippen LogP contribution in [0.4, 0.5) is 0 Å². The molecule has 2 aromatic heterocycles. The van der Waals surface area contributed by atoms with Crippen molar-refractivity contribution in [1.29, 1.82) is 0 Å². The topological polar surface area (TPSA) is 34.9 Å². The molecule has 3 heteroatoms. The third kappa shape index (κ3) is 1.44. The zero-order valence-corrected chi connectivity index (χ0v) is 7.84. The van der Waals surface area contributed by atoms with Crippen LogP contribution in [0.1, 0.15) is 5.56 Å². The Kier molecular flexibility index (Phi) is 2.14. The van der Waals surface area contributed by atoms with Crippen LogP contribution >= 0.6 is 0 Å². The highest BCUT2D eigenvalue weighted by Crippen LogP contribution is 2.01. The highest BCUT2D eigenvalue weighted by atomic mass is 16.1. The SMILES string of the molecule is Cc1cccn(-c2cccnc2)c1=O. The van der Waals surface area contributed by atoms with E-state index in [1.165, 1.54) is 0 Å². The molecule has 0 aliphatic heterocycles. The lowest BCUT2D eigenvalue weighted by molar-refractivity contribution is 0.960. The summed E-state index contributed by atoms with van der Waals surface area (Å²) in [7, 11) is 0. The molecule has 0 aliphatic rings. The minimum absolute atomic E-state index is 0.000463. The van der Waals surface area contributed by atoms with Gasteiger partial charge in [-0.2, -0.15) is 0 Å². The zero-order valence-electron chi connectivity index (χ0n) is 7.84. The van der Waals surface area contributed by atoms with Crippen LogP contribution in [0.25, 0.3) is 5.69 Å². The molecule has 3 nitrogen and oxygen atoms in total. The van der Waals surface area contributed by atoms with E-state index in [9.17, 15) is 4.79 Å². The van der Waals surface area contributed by atoms with Crippen LogP contribution in [0.2, 0.25) is 0 Å². The first-order chi connectivity index (χ1) is 6.79. The first kappa shape index (κ1) is 8.69. The molecule has 70 valence electrons. The minimum atomic E-state index is 0.000463. The quantitative estimate of drug-likeness (QED) is 0.677. The molecule has 0 aliphatic carbocycles. The van der Waals surface area contributed by atoms with Gasteiger partial charge in [-0.1, -0.05) is 6.07 Å². The van der Waals surface area contributed by atoms with Gasteiger partial charge in [0.1, 0.15) is 0 Å². The summed E-state index contributed by atoms with van der Waals surface area (Å²) in [5, 5.41) is 0. The fourth-order valence-corrected chi connectivity index (χ4v) is 1.30. The van der Waals surface area contributed by atoms with Crippen molar-refractivity contribution in [2.75, 3.05) is 0 Å². The molecule has 2 rings (SSSR count). The van der Waals surface area contributed by atoms with Gasteiger partial charge in [0.2, 0.25) is 0 Å². The van der Waals surface area contributed by atoms with Crippen molar-refractivity contribution in [3.63, 3.8) is 0 Å². The molecule has 0 N–H and O–H groups in total. The van der Waals surface area contributed by atoms with Gasteiger partial charge in [-0.3, -0.25) is 14.3 Å². The van der Waals surface area contributed by atoms with E-state index >= 15 is 0 Å². The fraction of sp³-hybridized carbons (Fsp3) is 0.0909. The highest BCUT2D eigenvalue weighted by molar-refractivity contribution is 5.29. The Labute approximate surface area is 81.7 Å². The summed E-state index contributed by atoms with van der Waals surface area (Å²) < 4.78 is 1.59. The predicted octanol–water partition coefficient (Wildman–Crippen LogP) is 1.54. The van der Waals surface area contributed by atoms with E-state index in [1.807, 2.05) is 18.2 Å². The van der Waals surface area contributed by atoms with Gasteiger partial charge >= 0.3 is 0 Å². The van der Waals surface area contributed by atoms with Crippen LogP contribution < -0.4 is 5.56 Å². The van der Waals surface area contributed by atoms with Gasteiger partial charge in [-0.25, -0.2) is 0 Å². The van der Waals surface area contributed by atoms with Gasteiger partial charge < -0.3 is 0 Å². The van der Waals surface area contributed by atoms with E-state index < -0.39 is 0 Å². The molecule has 0 fully saturated rings. The summed E-state index contributed by atoms with van der Waals surface area (Å²) in [5.41, 5.74) is 1.53. The molecule has 0 unspecified atom stereocenters. The van der Waals surface area contributed by atoms with Gasteiger partial charge in [0.15, 0.2) is 0 Å². The Morgan fingerprint density at radius 1 is 1.29 bits per heavy atom. The van der Waals surface area contributed by atoms with Crippen LogP contribution in [0.5, 0.6) is 0 Å². The molecule has 2 aromatic rings. The smallest absolute Gasteiger partial charge is 0.258 e. The minimum Gasteiger partial charge on any atom is -0.283 e. The van der Waals surface area contributed by atoms with Crippen molar-refractivity contribution in [2.24, 2.45) is 0 Å². The molecule has 0 amide bonds. The lowest BCUT2D eigenvalue weighted by atomic mass is 10.3. The van der Waals surface area contributed by atoms with Crippen molar-refractivity contribution >= 4 is 0 Å². The molecule has 0 spiro atoms. The second kappa shape index (κ2) is 3.46. The largest absolute Gasteiger partial charge is 0.283 e. The number of aryl methyl sites for hydroxylation is 1. The van der Waals surface area contributed by atoms with Crippen molar-refractivity contribution in [3.05, 3.63) is 58.8 Å². The summed E-state index contributed by atoms with van der Waals surface area (Å²) >= 11 is 0. The van der Waals surface area contributed by atoms with Crippen LogP contribution in [-0.4, -0.2) is 9.55 Å². The maximum Gasteiger partial charge on any atom is 0.258 e. The van der Waals surface area contributed by atoms with Crippen LogP contribution in [0.15, 0.2) is 47.7 Å². The number of rotatable bonds is 1.